The Balaban J connectivity index is 1.76. The van der Waals surface area contributed by atoms with Crippen LogP contribution in [-0.4, -0.2) is 32.7 Å². The first-order chi connectivity index (χ1) is 18.5. The Kier molecular flexibility index (Phi) is 11.7. The summed E-state index contributed by atoms with van der Waals surface area (Å²) in [4.78, 5) is 26.1. The van der Waals surface area contributed by atoms with Gasteiger partial charge in [-0.25, -0.2) is 4.79 Å². The minimum Gasteiger partial charge on any atom is -0.469 e. The highest BCUT2D eigenvalue weighted by Gasteiger charge is 2.13. The second kappa shape index (κ2) is 15.5. The van der Waals surface area contributed by atoms with Crippen LogP contribution in [0.3, 0.4) is 0 Å². The lowest BCUT2D eigenvalue weighted by atomic mass is 9.98. The summed E-state index contributed by atoms with van der Waals surface area (Å²) in [6.07, 6.45) is 6.75. The molecule has 6 heteroatoms. The van der Waals surface area contributed by atoms with E-state index in [1.54, 1.807) is 11.9 Å². The van der Waals surface area contributed by atoms with Crippen molar-refractivity contribution in [3.05, 3.63) is 83.9 Å². The quantitative estimate of drug-likeness (QED) is 0.176. The molecule has 202 valence electrons. The molecule has 0 aliphatic carbocycles. The number of carbonyl (C=O) groups excluding carboxylic acids is 2. The third-order valence-corrected chi connectivity index (χ3v) is 6.66. The Morgan fingerprint density at radius 3 is 2.42 bits per heavy atom. The van der Waals surface area contributed by atoms with Crippen molar-refractivity contribution >= 4 is 23.4 Å². The Labute approximate surface area is 227 Å². The van der Waals surface area contributed by atoms with E-state index in [0.717, 1.165) is 40.9 Å². The number of aryl methyl sites for hydroxylation is 1. The molecule has 2 amide bonds. The van der Waals surface area contributed by atoms with E-state index in [1.807, 2.05) is 42.5 Å². The minimum atomic E-state index is -0.220. The van der Waals surface area contributed by atoms with Gasteiger partial charge < -0.3 is 15.4 Å². The molecule has 2 N–H and O–H groups in total. The number of methoxy groups -OCH3 is 1. The monoisotopic (exact) mass is 515 g/mol. The number of esters is 1. The number of amides is 2. The Morgan fingerprint density at radius 2 is 1.66 bits per heavy atom. The SMILES string of the molecule is CCCCCCCNC(=O)N(C)c1cccc(-c2ccc(CCC(=O)OC)cc2NCc2ccccc2)c1. The summed E-state index contributed by atoms with van der Waals surface area (Å²) in [6, 6.07) is 24.4. The maximum Gasteiger partial charge on any atom is 0.321 e. The van der Waals surface area contributed by atoms with Crippen molar-refractivity contribution in [1.29, 1.82) is 0 Å². The maximum absolute atomic E-state index is 12.8. The standard InChI is InChI=1S/C32H41N3O3/c1-4-5-6-7-11-21-33-32(37)35(2)28-16-12-15-27(23-28)29-19-17-25(18-20-31(36)38-3)22-30(29)34-24-26-13-9-8-10-14-26/h8-10,12-17,19,22-23,34H,4-7,11,18,20-21,24H2,1-3H3,(H,33,37). The summed E-state index contributed by atoms with van der Waals surface area (Å²) in [5.74, 6) is -0.220. The zero-order valence-electron chi connectivity index (χ0n) is 23.0. The molecule has 0 fully saturated rings. The van der Waals surface area contributed by atoms with E-state index in [1.165, 1.54) is 31.9 Å². The van der Waals surface area contributed by atoms with Crippen molar-refractivity contribution in [2.45, 2.75) is 58.4 Å². The molecular formula is C32H41N3O3. The van der Waals surface area contributed by atoms with E-state index >= 15 is 0 Å². The van der Waals surface area contributed by atoms with E-state index in [2.05, 4.69) is 47.9 Å². The van der Waals surface area contributed by atoms with E-state index in [9.17, 15) is 9.59 Å². The summed E-state index contributed by atoms with van der Waals surface area (Å²) in [5.41, 5.74) is 6.09. The molecule has 0 aliphatic rings. The van der Waals surface area contributed by atoms with Crippen molar-refractivity contribution in [2.75, 3.05) is 30.9 Å². The smallest absolute Gasteiger partial charge is 0.321 e. The van der Waals surface area contributed by atoms with Gasteiger partial charge in [-0.1, -0.05) is 87.2 Å². The number of unbranched alkanes of at least 4 members (excludes halogenated alkanes) is 4. The highest BCUT2D eigenvalue weighted by Crippen LogP contribution is 2.32. The summed E-state index contributed by atoms with van der Waals surface area (Å²) in [7, 11) is 3.21. The van der Waals surface area contributed by atoms with Crippen LogP contribution < -0.4 is 15.5 Å². The number of hydrogen-bond acceptors (Lipinski definition) is 4. The molecule has 0 unspecified atom stereocenters. The molecule has 0 aliphatic heterocycles. The number of hydrogen-bond donors (Lipinski definition) is 2. The van der Waals surface area contributed by atoms with Crippen LogP contribution in [0.1, 0.15) is 56.6 Å². The lowest BCUT2D eigenvalue weighted by Crippen LogP contribution is -2.37. The number of rotatable bonds is 14. The molecule has 0 saturated carbocycles. The number of anilines is 2. The fraction of sp³-hybridized carbons (Fsp3) is 0.375. The summed E-state index contributed by atoms with van der Waals surface area (Å²) in [6.45, 7) is 3.56. The second-order valence-electron chi connectivity index (χ2n) is 9.55. The molecule has 3 aromatic rings. The zero-order valence-corrected chi connectivity index (χ0v) is 23.0. The van der Waals surface area contributed by atoms with Gasteiger partial charge in [0.05, 0.1) is 7.11 Å². The van der Waals surface area contributed by atoms with E-state index in [0.29, 0.717) is 25.9 Å². The van der Waals surface area contributed by atoms with Crippen LogP contribution in [0.2, 0.25) is 0 Å². The molecule has 0 atom stereocenters. The van der Waals surface area contributed by atoms with Gasteiger partial charge in [0.2, 0.25) is 0 Å². The summed E-state index contributed by atoms with van der Waals surface area (Å²) in [5, 5.41) is 6.62. The first-order valence-electron chi connectivity index (χ1n) is 13.6. The van der Waals surface area contributed by atoms with Gasteiger partial charge in [0.1, 0.15) is 0 Å². The van der Waals surface area contributed by atoms with Crippen molar-refractivity contribution in [3.63, 3.8) is 0 Å². The molecular weight excluding hydrogens is 474 g/mol. The fourth-order valence-corrected chi connectivity index (χ4v) is 4.33. The number of nitrogens with one attached hydrogen (secondary N) is 2. The van der Waals surface area contributed by atoms with Gasteiger partial charge in [0.25, 0.3) is 0 Å². The van der Waals surface area contributed by atoms with Crippen LogP contribution in [0.5, 0.6) is 0 Å². The number of benzene rings is 3. The summed E-state index contributed by atoms with van der Waals surface area (Å²) < 4.78 is 4.81. The highest BCUT2D eigenvalue weighted by atomic mass is 16.5. The molecule has 38 heavy (non-hydrogen) atoms. The van der Waals surface area contributed by atoms with Crippen molar-refractivity contribution < 1.29 is 14.3 Å². The third-order valence-electron chi connectivity index (χ3n) is 6.66. The molecule has 0 bridgehead atoms. The topological polar surface area (TPSA) is 70.7 Å². The summed E-state index contributed by atoms with van der Waals surface area (Å²) >= 11 is 0. The van der Waals surface area contributed by atoms with Crippen LogP contribution in [0.4, 0.5) is 16.2 Å². The first kappa shape index (κ1) is 28.8. The first-order valence-corrected chi connectivity index (χ1v) is 13.6. The Bertz CT molecular complexity index is 1160. The maximum atomic E-state index is 12.8. The lowest BCUT2D eigenvalue weighted by molar-refractivity contribution is -0.140. The van der Waals surface area contributed by atoms with Crippen LogP contribution in [0, 0.1) is 0 Å². The van der Waals surface area contributed by atoms with Crippen LogP contribution >= 0.6 is 0 Å². The highest BCUT2D eigenvalue weighted by molar-refractivity contribution is 5.92. The second-order valence-corrected chi connectivity index (χ2v) is 9.55. The van der Waals surface area contributed by atoms with E-state index in [4.69, 9.17) is 4.74 Å². The largest absolute Gasteiger partial charge is 0.469 e. The normalized spacial score (nSPS) is 10.6. The third kappa shape index (κ3) is 8.94. The number of nitrogens with zero attached hydrogens (tertiary/aromatic N) is 1. The molecule has 0 radical (unpaired) electrons. The molecule has 0 saturated heterocycles. The molecule has 0 aromatic heterocycles. The fourth-order valence-electron chi connectivity index (χ4n) is 4.33. The average Bonchev–Trinajstić information content (AvgIpc) is 2.96. The Hall–Kier alpha value is -3.80. The predicted octanol–water partition coefficient (Wildman–Crippen LogP) is 7.19. The van der Waals surface area contributed by atoms with Crippen LogP contribution in [-0.2, 0) is 22.5 Å². The molecule has 0 heterocycles. The van der Waals surface area contributed by atoms with Gasteiger partial charge in [-0.05, 0) is 47.7 Å². The average molecular weight is 516 g/mol. The van der Waals surface area contributed by atoms with Gasteiger partial charge in [-0.3, -0.25) is 9.69 Å². The number of carbonyl (C=O) groups is 2. The van der Waals surface area contributed by atoms with Gasteiger partial charge in [0.15, 0.2) is 0 Å². The molecule has 3 aromatic carbocycles. The molecule has 6 nitrogen and oxygen atoms in total. The Morgan fingerprint density at radius 1 is 0.868 bits per heavy atom. The lowest BCUT2D eigenvalue weighted by Gasteiger charge is -2.20. The van der Waals surface area contributed by atoms with Crippen molar-refractivity contribution in [1.82, 2.24) is 5.32 Å². The number of urea groups is 1. The zero-order chi connectivity index (χ0) is 27.2. The molecule has 0 spiro atoms. The van der Waals surface area contributed by atoms with Gasteiger partial charge >= 0.3 is 12.0 Å². The minimum absolute atomic E-state index is 0.0989. The van der Waals surface area contributed by atoms with Gasteiger partial charge in [0, 0.05) is 43.5 Å². The van der Waals surface area contributed by atoms with Crippen LogP contribution in [0.25, 0.3) is 11.1 Å². The van der Waals surface area contributed by atoms with E-state index in [-0.39, 0.29) is 12.0 Å². The predicted molar refractivity (Wildman–Crippen MR) is 157 cm³/mol. The van der Waals surface area contributed by atoms with Crippen molar-refractivity contribution in [3.8, 4) is 11.1 Å². The van der Waals surface area contributed by atoms with Gasteiger partial charge in [-0.15, -0.1) is 0 Å². The molecule has 3 rings (SSSR count). The van der Waals surface area contributed by atoms with Gasteiger partial charge in [-0.2, -0.15) is 0 Å². The number of ether oxygens (including phenoxy) is 1. The van der Waals surface area contributed by atoms with Crippen LogP contribution in [0.15, 0.2) is 72.8 Å². The van der Waals surface area contributed by atoms with E-state index < -0.39 is 0 Å². The van der Waals surface area contributed by atoms with Crippen molar-refractivity contribution in [2.24, 2.45) is 0 Å².